The highest BCUT2D eigenvalue weighted by Crippen LogP contribution is 2.33. The van der Waals surface area contributed by atoms with Gasteiger partial charge in [0.15, 0.2) is 6.61 Å². The van der Waals surface area contributed by atoms with Crippen LogP contribution in [0.5, 0.6) is 0 Å². The molecule has 1 unspecified atom stereocenters. The van der Waals surface area contributed by atoms with Gasteiger partial charge in [-0.3, -0.25) is 14.4 Å². The van der Waals surface area contributed by atoms with Crippen LogP contribution in [0.2, 0.25) is 5.02 Å². The molecule has 1 aliphatic rings. The maximum absolute atomic E-state index is 12.9. The number of carbonyl (C=O) groups excluding carboxylic acids is 3. The molecule has 35 heavy (non-hydrogen) atoms. The van der Waals surface area contributed by atoms with Gasteiger partial charge in [0, 0.05) is 17.0 Å². The number of hydrazone groups is 1. The lowest BCUT2D eigenvalue weighted by Crippen LogP contribution is -2.34. The van der Waals surface area contributed by atoms with Gasteiger partial charge in [-0.1, -0.05) is 29.8 Å². The van der Waals surface area contributed by atoms with E-state index in [0.29, 0.717) is 28.5 Å². The van der Waals surface area contributed by atoms with Gasteiger partial charge in [0.2, 0.25) is 0 Å². The van der Waals surface area contributed by atoms with Gasteiger partial charge in [0.05, 0.1) is 12.0 Å². The molecule has 4 rings (SSSR count). The van der Waals surface area contributed by atoms with Crippen molar-refractivity contribution in [2.24, 2.45) is 5.10 Å². The summed E-state index contributed by atoms with van der Waals surface area (Å²) in [4.78, 5) is 37.4. The maximum Gasteiger partial charge on any atom is 0.325 e. The van der Waals surface area contributed by atoms with Crippen LogP contribution in [0.15, 0.2) is 70.4 Å². The lowest BCUT2D eigenvalue weighted by molar-refractivity contribution is -0.152. The van der Waals surface area contributed by atoms with Gasteiger partial charge in [-0.25, -0.2) is 5.01 Å². The first-order valence-corrected chi connectivity index (χ1v) is 11.4. The smallest absolute Gasteiger partial charge is 0.325 e. The molecule has 0 saturated heterocycles. The molecular formula is C26H24ClN3O5. The first kappa shape index (κ1) is 24.2. The van der Waals surface area contributed by atoms with Crippen molar-refractivity contribution in [1.82, 2.24) is 10.3 Å². The van der Waals surface area contributed by atoms with Crippen molar-refractivity contribution in [2.45, 2.75) is 26.3 Å². The number of amides is 2. The van der Waals surface area contributed by atoms with E-state index in [0.717, 1.165) is 16.7 Å². The van der Waals surface area contributed by atoms with Crippen LogP contribution in [-0.4, -0.2) is 41.7 Å². The summed E-state index contributed by atoms with van der Waals surface area (Å²) in [6, 6.07) is 15.5. The van der Waals surface area contributed by atoms with Crippen LogP contribution in [0.25, 0.3) is 0 Å². The number of hydrogen-bond acceptors (Lipinski definition) is 6. The topological polar surface area (TPSA) is 101 Å². The van der Waals surface area contributed by atoms with E-state index in [1.165, 1.54) is 11.3 Å². The Balaban J connectivity index is 1.36. The van der Waals surface area contributed by atoms with Crippen LogP contribution >= 0.6 is 11.6 Å². The molecule has 1 N–H and O–H groups in total. The van der Waals surface area contributed by atoms with Crippen LogP contribution in [0.1, 0.15) is 45.3 Å². The van der Waals surface area contributed by atoms with Gasteiger partial charge in [-0.15, -0.1) is 0 Å². The second-order valence-corrected chi connectivity index (χ2v) is 8.61. The third kappa shape index (κ3) is 5.78. The van der Waals surface area contributed by atoms with E-state index in [2.05, 4.69) is 10.4 Å². The Hall–Kier alpha value is -3.91. The summed E-state index contributed by atoms with van der Waals surface area (Å²) in [5.41, 5.74) is 3.99. The summed E-state index contributed by atoms with van der Waals surface area (Å²) < 4.78 is 10.6. The molecule has 0 saturated carbocycles. The Kier molecular flexibility index (Phi) is 7.31. The van der Waals surface area contributed by atoms with Crippen molar-refractivity contribution < 1.29 is 23.5 Å². The number of nitrogens with one attached hydrogen (secondary N) is 1. The number of furan rings is 1. The predicted octanol–water partition coefficient (Wildman–Crippen LogP) is 4.20. The Bertz CT molecular complexity index is 1270. The molecule has 0 bridgehead atoms. The standard InChI is InChI=1S/C26H24ClN3O5/c1-16-5-6-19(12-17(16)2)26(33)28-14-25(32)35-15-24(31)30-22(23-4-3-11-34-23)13-21(29-30)18-7-9-20(27)10-8-18/h3-12,22H,13-15H2,1-2H3,(H,28,33). The molecule has 9 heteroatoms. The molecule has 0 spiro atoms. The van der Waals surface area contributed by atoms with E-state index in [-0.39, 0.29) is 6.54 Å². The number of aryl methyl sites for hydroxylation is 2. The number of ether oxygens (including phenoxy) is 1. The fraction of sp³-hybridized carbons (Fsp3) is 0.231. The van der Waals surface area contributed by atoms with Gasteiger partial charge >= 0.3 is 5.97 Å². The highest BCUT2D eigenvalue weighted by molar-refractivity contribution is 6.30. The minimum absolute atomic E-state index is 0.361. The summed E-state index contributed by atoms with van der Waals surface area (Å²) in [7, 11) is 0. The van der Waals surface area contributed by atoms with Crippen LogP contribution in [0.3, 0.4) is 0 Å². The Morgan fingerprint density at radius 3 is 2.57 bits per heavy atom. The molecule has 180 valence electrons. The van der Waals surface area contributed by atoms with Crippen molar-refractivity contribution in [3.63, 3.8) is 0 Å². The molecule has 1 aliphatic heterocycles. The van der Waals surface area contributed by atoms with Crippen molar-refractivity contribution >= 4 is 35.1 Å². The first-order chi connectivity index (χ1) is 16.8. The van der Waals surface area contributed by atoms with Crippen molar-refractivity contribution in [2.75, 3.05) is 13.2 Å². The zero-order chi connectivity index (χ0) is 24.9. The molecule has 1 atom stereocenters. The largest absolute Gasteiger partial charge is 0.467 e. The van der Waals surface area contributed by atoms with E-state index >= 15 is 0 Å². The lowest BCUT2D eigenvalue weighted by atomic mass is 10.0. The van der Waals surface area contributed by atoms with E-state index in [4.69, 9.17) is 20.8 Å². The number of halogens is 1. The Morgan fingerprint density at radius 1 is 1.11 bits per heavy atom. The quantitative estimate of drug-likeness (QED) is 0.497. The number of carbonyl (C=O) groups is 3. The number of nitrogens with zero attached hydrogens (tertiary/aromatic N) is 2. The van der Waals surface area contributed by atoms with Crippen molar-refractivity contribution in [3.8, 4) is 0 Å². The molecule has 2 heterocycles. The molecule has 1 aromatic heterocycles. The molecule has 0 fully saturated rings. The van der Waals surface area contributed by atoms with Crippen LogP contribution in [-0.2, 0) is 14.3 Å². The summed E-state index contributed by atoms with van der Waals surface area (Å²) >= 11 is 5.98. The average Bonchev–Trinajstić information content (AvgIpc) is 3.53. The van der Waals surface area contributed by atoms with Crippen LogP contribution in [0.4, 0.5) is 0 Å². The molecule has 2 aromatic carbocycles. The highest BCUT2D eigenvalue weighted by Gasteiger charge is 2.35. The molecule has 0 radical (unpaired) electrons. The summed E-state index contributed by atoms with van der Waals surface area (Å²) in [6.07, 6.45) is 1.96. The third-order valence-corrected chi connectivity index (χ3v) is 5.99. The van der Waals surface area contributed by atoms with Gasteiger partial charge in [0.1, 0.15) is 18.3 Å². The molecule has 0 aliphatic carbocycles. The van der Waals surface area contributed by atoms with Gasteiger partial charge < -0.3 is 14.5 Å². The number of hydrogen-bond donors (Lipinski definition) is 1. The second-order valence-electron chi connectivity index (χ2n) is 8.17. The molecule has 2 amide bonds. The van der Waals surface area contributed by atoms with Gasteiger partial charge in [0.25, 0.3) is 11.8 Å². The molecule has 3 aromatic rings. The second kappa shape index (κ2) is 10.6. The minimum atomic E-state index is -0.730. The Morgan fingerprint density at radius 2 is 1.89 bits per heavy atom. The number of benzene rings is 2. The monoisotopic (exact) mass is 493 g/mol. The third-order valence-electron chi connectivity index (χ3n) is 5.73. The summed E-state index contributed by atoms with van der Waals surface area (Å²) in [5, 5.41) is 8.84. The van der Waals surface area contributed by atoms with E-state index in [1.54, 1.807) is 36.4 Å². The zero-order valence-corrected chi connectivity index (χ0v) is 20.0. The molecule has 8 nitrogen and oxygen atoms in total. The highest BCUT2D eigenvalue weighted by atomic mass is 35.5. The number of rotatable bonds is 7. The van der Waals surface area contributed by atoms with Crippen LogP contribution < -0.4 is 5.32 Å². The van der Waals surface area contributed by atoms with Crippen molar-refractivity contribution in [1.29, 1.82) is 0 Å². The van der Waals surface area contributed by atoms with Gasteiger partial charge in [-0.05, 0) is 66.9 Å². The maximum atomic E-state index is 12.9. The number of esters is 1. The zero-order valence-electron chi connectivity index (χ0n) is 19.3. The summed E-state index contributed by atoms with van der Waals surface area (Å²) in [5.74, 6) is -1.07. The lowest BCUT2D eigenvalue weighted by Gasteiger charge is -2.19. The fourth-order valence-electron chi connectivity index (χ4n) is 3.66. The van der Waals surface area contributed by atoms with Crippen LogP contribution in [0, 0.1) is 13.8 Å². The molecular weight excluding hydrogens is 470 g/mol. The average molecular weight is 494 g/mol. The van der Waals surface area contributed by atoms with Crippen molar-refractivity contribution in [3.05, 3.63) is 93.9 Å². The fourth-order valence-corrected chi connectivity index (χ4v) is 3.78. The minimum Gasteiger partial charge on any atom is -0.467 e. The van der Waals surface area contributed by atoms with E-state index in [9.17, 15) is 14.4 Å². The summed E-state index contributed by atoms with van der Waals surface area (Å²) in [6.45, 7) is 2.97. The van der Waals surface area contributed by atoms with Gasteiger partial charge in [-0.2, -0.15) is 5.10 Å². The van der Waals surface area contributed by atoms with E-state index < -0.39 is 30.4 Å². The predicted molar refractivity (Wildman–Crippen MR) is 130 cm³/mol. The normalized spacial score (nSPS) is 15.0. The SMILES string of the molecule is Cc1ccc(C(=O)NCC(=O)OCC(=O)N2N=C(c3ccc(Cl)cc3)CC2c2ccco2)cc1C. The van der Waals surface area contributed by atoms with E-state index in [1.807, 2.05) is 32.0 Å². The first-order valence-electron chi connectivity index (χ1n) is 11.0. The Labute approximate surface area is 207 Å².